The van der Waals surface area contributed by atoms with Crippen LogP contribution in [0.4, 0.5) is 10.1 Å². The largest absolute Gasteiger partial charge is 0.497 e. The molecule has 2 aromatic carbocycles. The maximum absolute atomic E-state index is 13.4. The Balaban J connectivity index is 2.41. The summed E-state index contributed by atoms with van der Waals surface area (Å²) in [6.07, 6.45) is 0. The second-order valence-corrected chi connectivity index (χ2v) is 4.57. The van der Waals surface area contributed by atoms with Crippen LogP contribution in [0.1, 0.15) is 10.4 Å². The van der Waals surface area contributed by atoms with Gasteiger partial charge in [-0.3, -0.25) is 4.79 Å². The van der Waals surface area contributed by atoms with Gasteiger partial charge in [-0.25, -0.2) is 4.39 Å². The van der Waals surface area contributed by atoms with Crippen LogP contribution in [0.5, 0.6) is 17.2 Å². The average molecular weight is 311 g/mol. The second-order valence-electron chi connectivity index (χ2n) is 4.17. The van der Waals surface area contributed by atoms with Gasteiger partial charge in [0.25, 0.3) is 0 Å². The Kier molecular flexibility index (Phi) is 4.18. The number of amides is 1. The van der Waals surface area contributed by atoms with Gasteiger partial charge >= 0.3 is 0 Å². The van der Waals surface area contributed by atoms with Gasteiger partial charge < -0.3 is 20.9 Å². The van der Waals surface area contributed by atoms with Gasteiger partial charge in [0.15, 0.2) is 5.75 Å². The molecule has 0 radical (unpaired) electrons. The van der Waals surface area contributed by atoms with Gasteiger partial charge in [-0.2, -0.15) is 0 Å². The van der Waals surface area contributed by atoms with Gasteiger partial charge in [0.1, 0.15) is 17.3 Å². The number of nitrogens with two attached hydrogens (primary N) is 2. The molecule has 0 unspecified atom stereocenters. The third-order valence-corrected chi connectivity index (χ3v) is 2.97. The normalized spacial score (nSPS) is 10.2. The smallest absolute Gasteiger partial charge is 0.248 e. The van der Waals surface area contributed by atoms with E-state index in [1.807, 2.05) is 0 Å². The fraction of sp³-hybridized carbons (Fsp3) is 0.0714. The van der Waals surface area contributed by atoms with E-state index in [0.29, 0.717) is 5.75 Å². The first-order valence-corrected chi connectivity index (χ1v) is 6.19. The van der Waals surface area contributed by atoms with Crippen molar-refractivity contribution in [1.29, 1.82) is 0 Å². The molecule has 2 aromatic rings. The lowest BCUT2D eigenvalue weighted by Gasteiger charge is -2.11. The van der Waals surface area contributed by atoms with Gasteiger partial charge in [-0.1, -0.05) is 11.6 Å². The van der Waals surface area contributed by atoms with Crippen molar-refractivity contribution >= 4 is 23.2 Å². The number of methoxy groups -OCH3 is 1. The van der Waals surface area contributed by atoms with Crippen molar-refractivity contribution in [3.63, 3.8) is 0 Å². The van der Waals surface area contributed by atoms with Crippen molar-refractivity contribution in [2.75, 3.05) is 12.8 Å². The van der Waals surface area contributed by atoms with Gasteiger partial charge in [0, 0.05) is 17.7 Å². The Morgan fingerprint density at radius 3 is 2.48 bits per heavy atom. The summed E-state index contributed by atoms with van der Waals surface area (Å²) in [5, 5.41) is -0.108. The molecule has 0 fully saturated rings. The molecule has 5 nitrogen and oxygen atoms in total. The number of nitrogen functional groups attached to an aromatic ring is 1. The number of primary amides is 1. The number of hydrogen-bond donors (Lipinski definition) is 2. The number of halogens is 2. The number of benzene rings is 2. The number of hydrogen-bond acceptors (Lipinski definition) is 4. The van der Waals surface area contributed by atoms with E-state index in [2.05, 4.69) is 0 Å². The summed E-state index contributed by atoms with van der Waals surface area (Å²) >= 11 is 5.61. The van der Waals surface area contributed by atoms with E-state index in [9.17, 15) is 9.18 Å². The van der Waals surface area contributed by atoms with Crippen molar-refractivity contribution in [2.45, 2.75) is 0 Å². The minimum Gasteiger partial charge on any atom is -0.497 e. The highest BCUT2D eigenvalue weighted by Gasteiger charge is 2.11. The van der Waals surface area contributed by atoms with Gasteiger partial charge in [0.05, 0.1) is 17.8 Å². The number of rotatable bonds is 4. The molecular formula is C14H12ClFN2O3. The Bertz CT molecular complexity index is 707. The monoisotopic (exact) mass is 310 g/mol. The van der Waals surface area contributed by atoms with Crippen molar-refractivity contribution in [3.8, 4) is 17.2 Å². The molecule has 0 spiro atoms. The summed E-state index contributed by atoms with van der Waals surface area (Å²) in [6, 6.07) is 6.67. The molecule has 1 amide bonds. The summed E-state index contributed by atoms with van der Waals surface area (Å²) in [5.41, 5.74) is 11.3. The van der Waals surface area contributed by atoms with Crippen LogP contribution in [-0.4, -0.2) is 13.0 Å². The minimum atomic E-state index is -0.668. The number of anilines is 1. The van der Waals surface area contributed by atoms with E-state index in [1.165, 1.54) is 31.4 Å². The van der Waals surface area contributed by atoms with Crippen LogP contribution in [0.15, 0.2) is 30.3 Å². The first-order chi connectivity index (χ1) is 9.90. The Hall–Kier alpha value is -2.47. The van der Waals surface area contributed by atoms with E-state index in [1.54, 1.807) is 0 Å². The highest BCUT2D eigenvalue weighted by atomic mass is 35.5. The van der Waals surface area contributed by atoms with Crippen LogP contribution >= 0.6 is 11.6 Å². The first-order valence-electron chi connectivity index (χ1n) is 5.82. The Labute approximate surface area is 125 Å². The fourth-order valence-corrected chi connectivity index (χ4v) is 1.82. The minimum absolute atomic E-state index is 0.0700. The van der Waals surface area contributed by atoms with E-state index < -0.39 is 11.7 Å². The van der Waals surface area contributed by atoms with Gasteiger partial charge in [-0.05, 0) is 18.2 Å². The van der Waals surface area contributed by atoms with E-state index in [4.69, 9.17) is 32.5 Å². The zero-order valence-electron chi connectivity index (χ0n) is 11.0. The van der Waals surface area contributed by atoms with Crippen molar-refractivity contribution in [3.05, 3.63) is 46.7 Å². The molecule has 0 saturated carbocycles. The molecule has 4 N–H and O–H groups in total. The molecule has 0 bridgehead atoms. The van der Waals surface area contributed by atoms with Crippen LogP contribution in [0.2, 0.25) is 5.02 Å². The molecule has 7 heteroatoms. The van der Waals surface area contributed by atoms with Crippen molar-refractivity contribution in [2.24, 2.45) is 5.73 Å². The van der Waals surface area contributed by atoms with Gasteiger partial charge in [0.2, 0.25) is 5.91 Å². The molecule has 110 valence electrons. The lowest BCUT2D eigenvalue weighted by Crippen LogP contribution is -2.11. The summed E-state index contributed by atoms with van der Waals surface area (Å²) < 4.78 is 24.0. The quantitative estimate of drug-likeness (QED) is 0.850. The maximum Gasteiger partial charge on any atom is 0.248 e. The Morgan fingerprint density at radius 1 is 1.19 bits per heavy atom. The van der Waals surface area contributed by atoms with Gasteiger partial charge in [-0.15, -0.1) is 0 Å². The topological polar surface area (TPSA) is 87.6 Å². The predicted molar refractivity (Wildman–Crippen MR) is 77.4 cm³/mol. The molecule has 0 aliphatic heterocycles. The highest BCUT2D eigenvalue weighted by Crippen LogP contribution is 2.33. The number of carbonyl (C=O) groups excluding carboxylic acids is 1. The lowest BCUT2D eigenvalue weighted by atomic mass is 10.2. The lowest BCUT2D eigenvalue weighted by molar-refractivity contribution is 0.0999. The zero-order chi connectivity index (χ0) is 15.6. The summed E-state index contributed by atoms with van der Waals surface area (Å²) in [7, 11) is 1.43. The molecule has 21 heavy (non-hydrogen) atoms. The second kappa shape index (κ2) is 5.88. The van der Waals surface area contributed by atoms with Crippen LogP contribution in [0.3, 0.4) is 0 Å². The number of ether oxygens (including phenoxy) is 2. The summed E-state index contributed by atoms with van der Waals surface area (Å²) in [6.45, 7) is 0. The molecule has 0 atom stereocenters. The fourth-order valence-electron chi connectivity index (χ4n) is 1.65. The predicted octanol–water partition coefficient (Wildman–Crippen LogP) is 2.96. The molecule has 2 rings (SSSR count). The molecule has 0 aliphatic carbocycles. The standard InChI is InChI=1S/C14H12ClFN2O3/c1-20-8-2-7(14(18)19)3-9(4-8)21-13-6-11(16)10(15)5-12(13)17/h2-6H,17H2,1H3,(H2,18,19). The summed E-state index contributed by atoms with van der Waals surface area (Å²) in [4.78, 5) is 11.2. The Morgan fingerprint density at radius 2 is 1.86 bits per heavy atom. The molecular weight excluding hydrogens is 299 g/mol. The first kappa shape index (κ1) is 14.9. The van der Waals surface area contributed by atoms with Crippen LogP contribution in [0, 0.1) is 5.82 Å². The molecule has 0 saturated heterocycles. The summed E-state index contributed by atoms with van der Waals surface area (Å²) in [5.74, 6) is -0.639. The SMILES string of the molecule is COc1cc(Oc2cc(F)c(Cl)cc2N)cc(C(N)=O)c1. The van der Waals surface area contributed by atoms with Crippen molar-refractivity contribution < 1.29 is 18.7 Å². The van der Waals surface area contributed by atoms with Crippen molar-refractivity contribution in [1.82, 2.24) is 0 Å². The third-order valence-electron chi connectivity index (χ3n) is 2.68. The van der Waals surface area contributed by atoms with Crippen LogP contribution in [-0.2, 0) is 0 Å². The highest BCUT2D eigenvalue weighted by molar-refractivity contribution is 6.31. The van der Waals surface area contributed by atoms with E-state index in [0.717, 1.165) is 6.07 Å². The molecule has 0 aromatic heterocycles. The third kappa shape index (κ3) is 3.35. The van der Waals surface area contributed by atoms with E-state index in [-0.39, 0.29) is 27.8 Å². The zero-order valence-corrected chi connectivity index (χ0v) is 11.8. The average Bonchev–Trinajstić information content (AvgIpc) is 2.44. The molecule has 0 aliphatic rings. The van der Waals surface area contributed by atoms with Crippen LogP contribution < -0.4 is 20.9 Å². The molecule has 0 heterocycles. The number of carbonyl (C=O) groups is 1. The van der Waals surface area contributed by atoms with Crippen LogP contribution in [0.25, 0.3) is 0 Å². The maximum atomic E-state index is 13.4. The van der Waals surface area contributed by atoms with E-state index >= 15 is 0 Å².